The highest BCUT2D eigenvalue weighted by Crippen LogP contribution is 2.38. The van der Waals surface area contributed by atoms with Gasteiger partial charge >= 0.3 is 6.61 Å². The molecule has 0 atom stereocenters. The molecule has 0 unspecified atom stereocenters. The van der Waals surface area contributed by atoms with E-state index in [0.29, 0.717) is 12.0 Å². The summed E-state index contributed by atoms with van der Waals surface area (Å²) in [6.07, 6.45) is 2.12. The van der Waals surface area contributed by atoms with Gasteiger partial charge in [0.1, 0.15) is 5.75 Å². The number of rotatable bonds is 7. The first kappa shape index (κ1) is 14.4. The van der Waals surface area contributed by atoms with Crippen molar-refractivity contribution in [2.75, 3.05) is 6.54 Å². The fourth-order valence-corrected chi connectivity index (χ4v) is 1.93. The van der Waals surface area contributed by atoms with E-state index in [2.05, 4.69) is 16.1 Å². The first-order valence-corrected chi connectivity index (χ1v) is 6.25. The fraction of sp³-hybridized carbons (Fsp3) is 0.429. The molecule has 1 aromatic rings. The van der Waals surface area contributed by atoms with Crippen molar-refractivity contribution in [1.82, 2.24) is 5.32 Å². The Bertz CT molecular complexity index is 536. The minimum Gasteiger partial charge on any atom is -0.435 e. The van der Waals surface area contributed by atoms with Crippen LogP contribution in [0.3, 0.4) is 0 Å². The van der Waals surface area contributed by atoms with E-state index in [1.807, 2.05) is 0 Å². The number of halogens is 2. The number of carbonyl (C=O) groups is 1. The predicted octanol–water partition coefficient (Wildman–Crippen LogP) is 2.51. The molecule has 0 saturated heterocycles. The second kappa shape index (κ2) is 5.97. The molecule has 1 aliphatic rings. The van der Waals surface area contributed by atoms with Crippen LogP contribution < -0.4 is 10.1 Å². The third-order valence-electron chi connectivity index (χ3n) is 3.28. The van der Waals surface area contributed by atoms with Gasteiger partial charge in [-0.05, 0) is 25.0 Å². The highest BCUT2D eigenvalue weighted by atomic mass is 19.3. The van der Waals surface area contributed by atoms with Gasteiger partial charge < -0.3 is 10.1 Å². The molecule has 2 rings (SSSR count). The Balaban J connectivity index is 1.94. The van der Waals surface area contributed by atoms with Crippen LogP contribution >= 0.6 is 0 Å². The molecule has 4 nitrogen and oxygen atoms in total. The van der Waals surface area contributed by atoms with Crippen LogP contribution in [0.4, 0.5) is 8.78 Å². The van der Waals surface area contributed by atoms with Crippen LogP contribution in [0.1, 0.15) is 29.6 Å². The van der Waals surface area contributed by atoms with Crippen LogP contribution in [0.5, 0.6) is 5.75 Å². The Morgan fingerprint density at radius 1 is 1.50 bits per heavy atom. The predicted molar refractivity (Wildman–Crippen MR) is 67.6 cm³/mol. The smallest absolute Gasteiger partial charge is 0.387 e. The summed E-state index contributed by atoms with van der Waals surface area (Å²) >= 11 is 0. The molecule has 0 heterocycles. The van der Waals surface area contributed by atoms with Gasteiger partial charge in [-0.2, -0.15) is 14.0 Å². The Kier molecular flexibility index (Phi) is 4.30. The van der Waals surface area contributed by atoms with Crippen molar-refractivity contribution >= 4 is 5.78 Å². The lowest BCUT2D eigenvalue weighted by Crippen LogP contribution is -2.35. The number of carbonyl (C=O) groups excluding carboxylic acids is 1. The Morgan fingerprint density at radius 3 is 2.85 bits per heavy atom. The number of Topliss-reactive ketones (excluding diaryl/α,β-unsaturated/α-hetero) is 1. The quantitative estimate of drug-likeness (QED) is 0.779. The van der Waals surface area contributed by atoms with Crippen molar-refractivity contribution in [1.29, 1.82) is 5.26 Å². The minimum atomic E-state index is -2.91. The summed E-state index contributed by atoms with van der Waals surface area (Å²) < 4.78 is 28.5. The van der Waals surface area contributed by atoms with Gasteiger partial charge in [-0.25, -0.2) is 0 Å². The highest BCUT2D eigenvalue weighted by molar-refractivity contribution is 5.98. The molecular weight excluding hydrogens is 266 g/mol. The van der Waals surface area contributed by atoms with Crippen molar-refractivity contribution in [2.45, 2.75) is 31.4 Å². The molecule has 0 aliphatic heterocycles. The van der Waals surface area contributed by atoms with Crippen LogP contribution in [-0.4, -0.2) is 24.5 Å². The van der Waals surface area contributed by atoms with E-state index in [1.165, 1.54) is 18.2 Å². The maximum Gasteiger partial charge on any atom is 0.387 e. The number of ether oxygens (including phenoxy) is 1. The number of benzene rings is 1. The summed E-state index contributed by atoms with van der Waals surface area (Å²) in [6, 6.07) is 7.79. The standard InChI is InChI=1S/C14H14F2N2O2/c15-13(16)20-11-3-1-2-10(8-11)12(19)9-18-14(4-5-14)6-7-17/h1-3,8,13,18H,4-6,9H2. The van der Waals surface area contributed by atoms with Crippen LogP contribution in [-0.2, 0) is 0 Å². The lowest BCUT2D eigenvalue weighted by Gasteiger charge is -2.13. The Morgan fingerprint density at radius 2 is 2.25 bits per heavy atom. The molecule has 6 heteroatoms. The first-order valence-electron chi connectivity index (χ1n) is 6.25. The number of ketones is 1. The Labute approximate surface area is 115 Å². The second-order valence-electron chi connectivity index (χ2n) is 4.80. The normalized spacial score (nSPS) is 15.7. The van der Waals surface area contributed by atoms with Crippen molar-refractivity contribution in [3.63, 3.8) is 0 Å². The lowest BCUT2D eigenvalue weighted by molar-refractivity contribution is -0.0498. The molecule has 1 N–H and O–H groups in total. The summed E-state index contributed by atoms with van der Waals surface area (Å²) in [5, 5.41) is 11.8. The van der Waals surface area contributed by atoms with Gasteiger partial charge in [0.25, 0.3) is 0 Å². The third-order valence-corrected chi connectivity index (χ3v) is 3.28. The van der Waals surface area contributed by atoms with Crippen LogP contribution in [0.15, 0.2) is 24.3 Å². The SMILES string of the molecule is N#CCC1(NCC(=O)c2cccc(OC(F)F)c2)CC1. The van der Waals surface area contributed by atoms with E-state index in [0.717, 1.165) is 12.8 Å². The molecule has 20 heavy (non-hydrogen) atoms. The van der Waals surface area contributed by atoms with Gasteiger partial charge in [0.05, 0.1) is 19.0 Å². The topological polar surface area (TPSA) is 62.1 Å². The molecule has 0 radical (unpaired) electrons. The minimum absolute atomic E-state index is 0.0380. The van der Waals surface area contributed by atoms with E-state index in [1.54, 1.807) is 6.07 Å². The summed E-state index contributed by atoms with van der Waals surface area (Å²) in [7, 11) is 0. The van der Waals surface area contributed by atoms with E-state index in [4.69, 9.17) is 5.26 Å². The Hall–Kier alpha value is -2.00. The van der Waals surface area contributed by atoms with Crippen LogP contribution in [0.25, 0.3) is 0 Å². The van der Waals surface area contributed by atoms with Crippen molar-refractivity contribution in [3.05, 3.63) is 29.8 Å². The molecule has 106 valence electrons. The number of hydrogen-bond donors (Lipinski definition) is 1. The summed E-state index contributed by atoms with van der Waals surface area (Å²) in [4.78, 5) is 12.0. The van der Waals surface area contributed by atoms with Gasteiger partial charge in [-0.15, -0.1) is 0 Å². The molecular formula is C14H14F2N2O2. The number of nitriles is 1. The van der Waals surface area contributed by atoms with E-state index >= 15 is 0 Å². The highest BCUT2D eigenvalue weighted by Gasteiger charge is 2.42. The molecule has 0 spiro atoms. The summed E-state index contributed by atoms with van der Waals surface area (Å²) in [5.41, 5.74) is 0.0741. The monoisotopic (exact) mass is 280 g/mol. The molecule has 0 bridgehead atoms. The number of hydrogen-bond acceptors (Lipinski definition) is 4. The van der Waals surface area contributed by atoms with E-state index < -0.39 is 6.61 Å². The van der Waals surface area contributed by atoms with Gasteiger partial charge in [0, 0.05) is 11.1 Å². The van der Waals surface area contributed by atoms with Gasteiger partial charge in [-0.1, -0.05) is 12.1 Å². The van der Waals surface area contributed by atoms with Crippen molar-refractivity contribution in [3.8, 4) is 11.8 Å². The second-order valence-corrected chi connectivity index (χ2v) is 4.80. The van der Waals surface area contributed by atoms with E-state index in [9.17, 15) is 13.6 Å². The van der Waals surface area contributed by atoms with Gasteiger partial charge in [0.15, 0.2) is 5.78 Å². The molecule has 1 aliphatic carbocycles. The molecule has 1 fully saturated rings. The largest absolute Gasteiger partial charge is 0.435 e. The molecule has 0 aromatic heterocycles. The van der Waals surface area contributed by atoms with Crippen LogP contribution in [0.2, 0.25) is 0 Å². The average molecular weight is 280 g/mol. The zero-order chi connectivity index (χ0) is 14.6. The average Bonchev–Trinajstić information content (AvgIpc) is 3.16. The number of nitrogens with zero attached hydrogens (tertiary/aromatic N) is 1. The van der Waals surface area contributed by atoms with Gasteiger partial charge in [-0.3, -0.25) is 4.79 Å². The lowest BCUT2D eigenvalue weighted by atomic mass is 10.1. The zero-order valence-corrected chi connectivity index (χ0v) is 10.7. The summed E-state index contributed by atoms with van der Waals surface area (Å²) in [6.45, 7) is -2.83. The third kappa shape index (κ3) is 3.75. The maximum atomic E-state index is 12.1. The number of alkyl halides is 2. The van der Waals surface area contributed by atoms with Crippen molar-refractivity contribution < 1.29 is 18.3 Å². The molecule has 1 saturated carbocycles. The number of nitrogens with one attached hydrogen (secondary N) is 1. The summed E-state index contributed by atoms with van der Waals surface area (Å²) in [5.74, 6) is -0.252. The maximum absolute atomic E-state index is 12.1. The zero-order valence-electron chi connectivity index (χ0n) is 10.7. The fourth-order valence-electron chi connectivity index (χ4n) is 1.93. The van der Waals surface area contributed by atoms with E-state index in [-0.39, 0.29) is 23.6 Å². The molecule has 0 amide bonds. The first-order chi connectivity index (χ1) is 9.54. The van der Waals surface area contributed by atoms with Gasteiger partial charge in [0.2, 0.25) is 0 Å². The van der Waals surface area contributed by atoms with Crippen molar-refractivity contribution in [2.24, 2.45) is 0 Å². The molecule has 1 aromatic carbocycles. The van der Waals surface area contributed by atoms with Crippen LogP contribution in [0, 0.1) is 11.3 Å².